The summed E-state index contributed by atoms with van der Waals surface area (Å²) < 4.78 is 19.6. The molecule has 0 fully saturated rings. The third-order valence-electron chi connectivity index (χ3n) is 6.85. The van der Waals surface area contributed by atoms with Gasteiger partial charge in [0.1, 0.15) is 45.9 Å². The summed E-state index contributed by atoms with van der Waals surface area (Å²) in [4.78, 5) is 0. The van der Waals surface area contributed by atoms with Crippen LogP contribution in [-0.2, 0) is 0 Å². The number of anilines is 1. The van der Waals surface area contributed by atoms with E-state index in [1.807, 2.05) is 91.0 Å². The smallest absolute Gasteiger partial charge is 0.216 e. The second-order valence-electron chi connectivity index (χ2n) is 9.42. The predicted molar refractivity (Wildman–Crippen MR) is 158 cm³/mol. The van der Waals surface area contributed by atoms with E-state index in [9.17, 15) is 10.5 Å². The number of unbranched alkanes of at least 4 members (excludes halogenated alkanes) is 1. The molecule has 0 aliphatic carbocycles. The van der Waals surface area contributed by atoms with Crippen molar-refractivity contribution in [2.75, 3.05) is 11.9 Å². The lowest BCUT2D eigenvalue weighted by Crippen LogP contribution is -2.07. The number of nitrogens with zero attached hydrogens (tertiary/aromatic N) is 2. The molecule has 0 amide bonds. The van der Waals surface area contributed by atoms with Gasteiger partial charge in [-0.3, -0.25) is 0 Å². The Morgan fingerprint density at radius 1 is 0.725 bits per heavy atom. The van der Waals surface area contributed by atoms with Crippen molar-refractivity contribution in [3.8, 4) is 23.6 Å². The zero-order valence-corrected chi connectivity index (χ0v) is 21.9. The molecule has 1 heterocycles. The molecular formula is C34H25N3O3. The van der Waals surface area contributed by atoms with Crippen LogP contribution in [0.3, 0.4) is 0 Å². The average Bonchev–Trinajstić information content (AvgIpc) is 2.99. The Kier molecular flexibility index (Phi) is 6.66. The standard InChI is InChI=1S/C34H25N3O3/c1-2-3-18-37-31-27(20-35)28(21-36)32-34(33(31)38-24-17-16-22-10-4-5-11-23(22)19-24)40-30-15-9-7-13-26(30)25-12-6-8-14-29(25)39-32/h4-17,19,37H,2-3,18H2,1H3. The number of rotatable bonds is 6. The summed E-state index contributed by atoms with van der Waals surface area (Å²) in [6.45, 7) is 2.68. The second-order valence-corrected chi connectivity index (χ2v) is 9.42. The van der Waals surface area contributed by atoms with E-state index >= 15 is 0 Å². The number of hydrogen-bond donors (Lipinski definition) is 1. The van der Waals surface area contributed by atoms with Crippen molar-refractivity contribution >= 4 is 49.6 Å². The molecular weight excluding hydrogens is 498 g/mol. The lowest BCUT2D eigenvalue weighted by atomic mass is 10.0. The molecule has 6 nitrogen and oxygen atoms in total. The normalized spacial score (nSPS) is 10.9. The summed E-state index contributed by atoms with van der Waals surface area (Å²) in [5.74, 6) is 0.846. The van der Waals surface area contributed by atoms with Crippen LogP contribution in [0.15, 0.2) is 99.8 Å². The molecule has 40 heavy (non-hydrogen) atoms. The van der Waals surface area contributed by atoms with Crippen molar-refractivity contribution in [2.24, 2.45) is 0 Å². The molecule has 194 valence electrons. The first-order valence-corrected chi connectivity index (χ1v) is 13.2. The molecule has 0 aliphatic rings. The molecule has 5 aromatic carbocycles. The molecule has 0 radical (unpaired) electrons. The van der Waals surface area contributed by atoms with E-state index in [2.05, 4.69) is 24.4 Å². The topological polar surface area (TPSA) is 95.1 Å². The highest BCUT2D eigenvalue weighted by atomic mass is 16.5. The Morgan fingerprint density at radius 2 is 1.35 bits per heavy atom. The molecule has 0 aliphatic heterocycles. The van der Waals surface area contributed by atoms with Crippen molar-refractivity contribution < 1.29 is 13.6 Å². The van der Waals surface area contributed by atoms with Gasteiger partial charge in [0, 0.05) is 17.3 Å². The Balaban J connectivity index is 1.75. The number of benzene rings is 5. The summed E-state index contributed by atoms with van der Waals surface area (Å²) in [5, 5.41) is 27.7. The number of nitriles is 2. The first-order chi connectivity index (χ1) is 19.7. The zero-order valence-electron chi connectivity index (χ0n) is 21.9. The third kappa shape index (κ3) is 4.42. The molecule has 6 aromatic rings. The van der Waals surface area contributed by atoms with Crippen LogP contribution in [0.1, 0.15) is 30.9 Å². The lowest BCUT2D eigenvalue weighted by molar-refractivity contribution is 0.475. The van der Waals surface area contributed by atoms with E-state index in [1.165, 1.54) is 0 Å². The van der Waals surface area contributed by atoms with E-state index < -0.39 is 0 Å². The van der Waals surface area contributed by atoms with E-state index in [-0.39, 0.29) is 28.0 Å². The Hall–Kier alpha value is -5.46. The highest BCUT2D eigenvalue weighted by Gasteiger charge is 2.25. The quantitative estimate of drug-likeness (QED) is 0.219. The molecule has 0 saturated heterocycles. The van der Waals surface area contributed by atoms with Gasteiger partial charge >= 0.3 is 0 Å². The van der Waals surface area contributed by atoms with Gasteiger partial charge < -0.3 is 18.9 Å². The van der Waals surface area contributed by atoms with Gasteiger partial charge in [0.25, 0.3) is 0 Å². The fraction of sp³-hybridized carbons (Fsp3) is 0.118. The van der Waals surface area contributed by atoms with Crippen LogP contribution in [0.4, 0.5) is 5.69 Å². The summed E-state index contributed by atoms with van der Waals surface area (Å²) in [6, 6.07) is 33.5. The molecule has 0 unspecified atom stereocenters. The first kappa shape index (κ1) is 24.9. The van der Waals surface area contributed by atoms with Crippen LogP contribution in [-0.4, -0.2) is 6.54 Å². The van der Waals surface area contributed by atoms with Crippen LogP contribution in [0, 0.1) is 22.7 Å². The lowest BCUT2D eigenvalue weighted by Gasteiger charge is -2.17. The van der Waals surface area contributed by atoms with Gasteiger partial charge in [0.15, 0.2) is 11.3 Å². The Bertz CT molecular complexity index is 2040. The summed E-state index contributed by atoms with van der Waals surface area (Å²) in [5.41, 5.74) is 2.11. The first-order valence-electron chi connectivity index (χ1n) is 13.2. The van der Waals surface area contributed by atoms with Crippen LogP contribution >= 0.6 is 0 Å². The van der Waals surface area contributed by atoms with Crippen molar-refractivity contribution in [3.63, 3.8) is 0 Å². The minimum atomic E-state index is 0.0801. The van der Waals surface area contributed by atoms with E-state index in [0.29, 0.717) is 29.1 Å². The molecule has 1 N–H and O–H groups in total. The fourth-order valence-corrected chi connectivity index (χ4v) is 4.87. The zero-order chi connectivity index (χ0) is 27.5. The molecule has 0 bridgehead atoms. The molecule has 6 heteroatoms. The number of hydrogen-bond acceptors (Lipinski definition) is 6. The average molecular weight is 524 g/mol. The highest BCUT2D eigenvalue weighted by molar-refractivity contribution is 6.04. The predicted octanol–water partition coefficient (Wildman–Crippen LogP) is 9.36. The third-order valence-corrected chi connectivity index (χ3v) is 6.85. The summed E-state index contributed by atoms with van der Waals surface area (Å²) in [6.07, 6.45) is 1.82. The fourth-order valence-electron chi connectivity index (χ4n) is 4.87. The van der Waals surface area contributed by atoms with E-state index in [1.54, 1.807) is 0 Å². The van der Waals surface area contributed by atoms with Gasteiger partial charge in [0.2, 0.25) is 5.58 Å². The minimum Gasteiger partial charge on any atom is -0.451 e. The SMILES string of the molecule is CCCCNc1c(C#N)c(C#N)c2oc3ccccc3c3ccccc3oc2c1Oc1ccc2ccccc2c1. The number of nitrogens with one attached hydrogen (secondary N) is 1. The Morgan fingerprint density at radius 3 is 2.02 bits per heavy atom. The highest BCUT2D eigenvalue weighted by Crippen LogP contribution is 2.43. The molecule has 1 aromatic heterocycles. The van der Waals surface area contributed by atoms with E-state index in [0.717, 1.165) is 34.4 Å². The monoisotopic (exact) mass is 523 g/mol. The summed E-state index contributed by atoms with van der Waals surface area (Å²) >= 11 is 0. The molecule has 6 rings (SSSR count). The van der Waals surface area contributed by atoms with Gasteiger partial charge in [-0.05, 0) is 41.5 Å². The maximum absolute atomic E-state index is 10.3. The largest absolute Gasteiger partial charge is 0.451 e. The summed E-state index contributed by atoms with van der Waals surface area (Å²) in [7, 11) is 0. The van der Waals surface area contributed by atoms with Gasteiger partial charge in [-0.25, -0.2) is 0 Å². The van der Waals surface area contributed by atoms with Gasteiger partial charge in [-0.2, -0.15) is 10.5 Å². The van der Waals surface area contributed by atoms with Gasteiger partial charge in [-0.15, -0.1) is 0 Å². The van der Waals surface area contributed by atoms with Crippen molar-refractivity contribution in [3.05, 3.63) is 102 Å². The van der Waals surface area contributed by atoms with E-state index in [4.69, 9.17) is 13.6 Å². The maximum atomic E-state index is 10.3. The Labute approximate surface area is 230 Å². The minimum absolute atomic E-state index is 0.0801. The van der Waals surface area contributed by atoms with Crippen LogP contribution in [0.2, 0.25) is 0 Å². The van der Waals surface area contributed by atoms with Gasteiger partial charge in [0.05, 0.1) is 0 Å². The van der Waals surface area contributed by atoms with Crippen molar-refractivity contribution in [2.45, 2.75) is 19.8 Å². The van der Waals surface area contributed by atoms with Gasteiger partial charge in [-0.1, -0.05) is 80.1 Å². The van der Waals surface area contributed by atoms with Crippen LogP contribution in [0.5, 0.6) is 11.5 Å². The molecule has 0 atom stereocenters. The second kappa shape index (κ2) is 10.7. The van der Waals surface area contributed by atoms with Crippen LogP contribution in [0.25, 0.3) is 43.9 Å². The number of fused-ring (bicyclic) bond motifs is 5. The number of ether oxygens (including phenoxy) is 1. The van der Waals surface area contributed by atoms with Crippen molar-refractivity contribution in [1.29, 1.82) is 10.5 Å². The van der Waals surface area contributed by atoms with Crippen molar-refractivity contribution in [1.82, 2.24) is 0 Å². The van der Waals surface area contributed by atoms with Crippen LogP contribution < -0.4 is 10.1 Å². The maximum Gasteiger partial charge on any atom is 0.216 e. The molecule has 0 saturated carbocycles. The number of para-hydroxylation sites is 2. The molecule has 0 spiro atoms.